The summed E-state index contributed by atoms with van der Waals surface area (Å²) in [6.45, 7) is 3.99. The first-order valence-electron chi connectivity index (χ1n) is 6.30. The third-order valence-corrected chi connectivity index (χ3v) is 2.79. The maximum atomic E-state index is 13.4. The second kappa shape index (κ2) is 7.09. The molecular formula is C14H19F2NO. The van der Waals surface area contributed by atoms with Crippen LogP contribution in [0.2, 0.25) is 0 Å². The average molecular weight is 255 g/mol. The van der Waals surface area contributed by atoms with E-state index in [1.165, 1.54) is 6.07 Å². The maximum Gasteiger partial charge on any atom is 0.254 e. The fourth-order valence-corrected chi connectivity index (χ4v) is 1.75. The van der Waals surface area contributed by atoms with Gasteiger partial charge in [0, 0.05) is 12.1 Å². The van der Waals surface area contributed by atoms with E-state index in [0.717, 1.165) is 37.8 Å². The van der Waals surface area contributed by atoms with Gasteiger partial charge in [-0.15, -0.1) is 0 Å². The Hall–Kier alpha value is -1.45. The summed E-state index contributed by atoms with van der Waals surface area (Å²) in [7, 11) is 0. The summed E-state index contributed by atoms with van der Waals surface area (Å²) >= 11 is 0. The van der Waals surface area contributed by atoms with Gasteiger partial charge in [-0.2, -0.15) is 0 Å². The van der Waals surface area contributed by atoms with Crippen molar-refractivity contribution in [1.29, 1.82) is 0 Å². The van der Waals surface area contributed by atoms with Crippen LogP contribution in [-0.2, 0) is 0 Å². The highest BCUT2D eigenvalue weighted by Gasteiger charge is 2.14. The van der Waals surface area contributed by atoms with Crippen molar-refractivity contribution in [3.8, 4) is 0 Å². The van der Waals surface area contributed by atoms with Crippen molar-refractivity contribution in [2.24, 2.45) is 0 Å². The lowest BCUT2D eigenvalue weighted by Crippen LogP contribution is -2.33. The second-order valence-corrected chi connectivity index (χ2v) is 4.49. The molecule has 18 heavy (non-hydrogen) atoms. The Morgan fingerprint density at radius 1 is 1.33 bits per heavy atom. The van der Waals surface area contributed by atoms with E-state index in [4.69, 9.17) is 0 Å². The molecule has 0 aromatic heterocycles. The monoisotopic (exact) mass is 255 g/mol. The van der Waals surface area contributed by atoms with Crippen LogP contribution in [0.5, 0.6) is 0 Å². The van der Waals surface area contributed by atoms with E-state index in [2.05, 4.69) is 12.2 Å². The highest BCUT2D eigenvalue weighted by Crippen LogP contribution is 2.10. The van der Waals surface area contributed by atoms with Crippen molar-refractivity contribution in [1.82, 2.24) is 5.32 Å². The van der Waals surface area contributed by atoms with Crippen LogP contribution in [0.25, 0.3) is 0 Å². The van der Waals surface area contributed by atoms with E-state index < -0.39 is 17.5 Å². The van der Waals surface area contributed by atoms with Crippen molar-refractivity contribution in [3.63, 3.8) is 0 Å². The van der Waals surface area contributed by atoms with Gasteiger partial charge in [0.05, 0.1) is 5.56 Å². The summed E-state index contributed by atoms with van der Waals surface area (Å²) in [5.41, 5.74) is -0.112. The molecule has 0 aliphatic heterocycles. The number of hydrogen-bond acceptors (Lipinski definition) is 1. The van der Waals surface area contributed by atoms with Crippen molar-refractivity contribution in [2.45, 2.75) is 45.6 Å². The minimum Gasteiger partial charge on any atom is -0.349 e. The Balaban J connectivity index is 2.54. The van der Waals surface area contributed by atoms with E-state index in [0.29, 0.717) is 0 Å². The smallest absolute Gasteiger partial charge is 0.254 e. The zero-order valence-electron chi connectivity index (χ0n) is 10.8. The van der Waals surface area contributed by atoms with Gasteiger partial charge in [-0.25, -0.2) is 8.78 Å². The molecule has 1 aromatic carbocycles. The molecule has 0 saturated carbocycles. The van der Waals surface area contributed by atoms with Gasteiger partial charge in [0.25, 0.3) is 5.91 Å². The zero-order chi connectivity index (χ0) is 13.5. The second-order valence-electron chi connectivity index (χ2n) is 4.49. The summed E-state index contributed by atoms with van der Waals surface area (Å²) in [5, 5.41) is 2.71. The van der Waals surface area contributed by atoms with Crippen molar-refractivity contribution in [2.75, 3.05) is 0 Å². The predicted molar refractivity (Wildman–Crippen MR) is 67.4 cm³/mol. The molecule has 1 unspecified atom stereocenters. The van der Waals surface area contributed by atoms with E-state index in [1.807, 2.05) is 6.92 Å². The number of hydrogen-bond donors (Lipinski definition) is 1. The molecule has 0 bridgehead atoms. The molecule has 2 nitrogen and oxygen atoms in total. The SMILES string of the molecule is CCCCCC(C)NC(=O)c1ccc(F)cc1F. The minimum absolute atomic E-state index is 0.00602. The van der Waals surface area contributed by atoms with Crippen LogP contribution in [0.4, 0.5) is 8.78 Å². The zero-order valence-corrected chi connectivity index (χ0v) is 10.8. The van der Waals surface area contributed by atoms with Gasteiger partial charge in [-0.1, -0.05) is 26.2 Å². The number of nitrogens with one attached hydrogen (secondary N) is 1. The van der Waals surface area contributed by atoms with Crippen LogP contribution in [0.3, 0.4) is 0 Å². The lowest BCUT2D eigenvalue weighted by atomic mass is 10.1. The Labute approximate surface area is 106 Å². The van der Waals surface area contributed by atoms with Gasteiger partial charge in [0.2, 0.25) is 0 Å². The number of carbonyl (C=O) groups excluding carboxylic acids is 1. The van der Waals surface area contributed by atoms with E-state index in [1.54, 1.807) is 0 Å². The molecule has 1 amide bonds. The first kappa shape index (κ1) is 14.6. The van der Waals surface area contributed by atoms with Gasteiger partial charge < -0.3 is 5.32 Å². The van der Waals surface area contributed by atoms with E-state index >= 15 is 0 Å². The van der Waals surface area contributed by atoms with Crippen LogP contribution in [-0.4, -0.2) is 11.9 Å². The summed E-state index contributed by atoms with van der Waals surface area (Å²) < 4.78 is 26.1. The van der Waals surface area contributed by atoms with Crippen LogP contribution < -0.4 is 5.32 Å². The fourth-order valence-electron chi connectivity index (χ4n) is 1.75. The van der Waals surface area contributed by atoms with Crippen molar-refractivity contribution >= 4 is 5.91 Å². The number of amides is 1. The lowest BCUT2D eigenvalue weighted by Gasteiger charge is -2.13. The molecule has 1 atom stereocenters. The predicted octanol–water partition coefficient (Wildman–Crippen LogP) is 3.66. The number of carbonyl (C=O) groups is 1. The highest BCUT2D eigenvalue weighted by atomic mass is 19.1. The summed E-state index contributed by atoms with van der Waals surface area (Å²) in [4.78, 5) is 11.7. The molecule has 0 saturated heterocycles. The fraction of sp³-hybridized carbons (Fsp3) is 0.500. The molecule has 1 rings (SSSR count). The van der Waals surface area contributed by atoms with Gasteiger partial charge >= 0.3 is 0 Å². The molecule has 4 heteroatoms. The molecule has 0 fully saturated rings. The Morgan fingerprint density at radius 2 is 2.06 bits per heavy atom. The highest BCUT2D eigenvalue weighted by molar-refractivity contribution is 5.94. The lowest BCUT2D eigenvalue weighted by molar-refractivity contribution is 0.0934. The largest absolute Gasteiger partial charge is 0.349 e. The van der Waals surface area contributed by atoms with Crippen LogP contribution in [0, 0.1) is 11.6 Å². The molecule has 1 N–H and O–H groups in total. The third kappa shape index (κ3) is 4.43. The molecule has 0 aliphatic carbocycles. The van der Waals surface area contributed by atoms with Crippen LogP contribution in [0.15, 0.2) is 18.2 Å². The Bertz CT molecular complexity index is 407. The molecule has 100 valence electrons. The van der Waals surface area contributed by atoms with E-state index in [9.17, 15) is 13.6 Å². The minimum atomic E-state index is -0.826. The Kier molecular flexibility index (Phi) is 5.75. The Morgan fingerprint density at radius 3 is 2.67 bits per heavy atom. The van der Waals surface area contributed by atoms with E-state index in [-0.39, 0.29) is 11.6 Å². The van der Waals surface area contributed by atoms with Crippen molar-refractivity contribution in [3.05, 3.63) is 35.4 Å². The molecule has 0 spiro atoms. The molecular weight excluding hydrogens is 236 g/mol. The molecule has 0 heterocycles. The topological polar surface area (TPSA) is 29.1 Å². The molecule has 0 aliphatic rings. The van der Waals surface area contributed by atoms with Crippen molar-refractivity contribution < 1.29 is 13.6 Å². The number of halogens is 2. The number of unbranched alkanes of at least 4 members (excludes halogenated alkanes) is 2. The maximum absolute atomic E-state index is 13.4. The average Bonchev–Trinajstić information content (AvgIpc) is 2.28. The van der Waals surface area contributed by atoms with Gasteiger partial charge in [0.1, 0.15) is 11.6 Å². The summed E-state index contributed by atoms with van der Waals surface area (Å²) in [6.07, 6.45) is 4.13. The van der Waals surface area contributed by atoms with Gasteiger partial charge in [0.15, 0.2) is 0 Å². The van der Waals surface area contributed by atoms with Gasteiger partial charge in [-0.3, -0.25) is 4.79 Å². The molecule has 0 radical (unpaired) electrons. The third-order valence-electron chi connectivity index (χ3n) is 2.79. The quantitative estimate of drug-likeness (QED) is 0.772. The van der Waals surface area contributed by atoms with Crippen LogP contribution in [0.1, 0.15) is 49.9 Å². The normalized spacial score (nSPS) is 12.2. The molecule has 1 aromatic rings. The summed E-state index contributed by atoms with van der Waals surface area (Å²) in [6, 6.07) is 2.96. The first-order valence-corrected chi connectivity index (χ1v) is 6.30. The number of rotatable bonds is 6. The standard InChI is InChI=1S/C14H19F2NO/c1-3-4-5-6-10(2)17-14(18)12-8-7-11(15)9-13(12)16/h7-10H,3-6H2,1-2H3,(H,17,18). The summed E-state index contributed by atoms with van der Waals surface area (Å²) in [5.74, 6) is -2.00. The van der Waals surface area contributed by atoms with Gasteiger partial charge in [-0.05, 0) is 25.5 Å². The first-order chi connectivity index (χ1) is 8.54. The number of benzene rings is 1. The van der Waals surface area contributed by atoms with Crippen LogP contribution >= 0.6 is 0 Å².